The normalized spacial score (nSPS) is 13.1. The Morgan fingerprint density at radius 2 is 1.82 bits per heavy atom. The molecule has 132 valence electrons. The van der Waals surface area contributed by atoms with Crippen molar-refractivity contribution in [2.45, 2.75) is 66.3 Å². The molecule has 0 rings (SSSR count). The lowest BCUT2D eigenvalue weighted by Crippen LogP contribution is -2.43. The summed E-state index contributed by atoms with van der Waals surface area (Å²) in [6.45, 7) is 12.3. The first kappa shape index (κ1) is 23.7. The predicted molar refractivity (Wildman–Crippen MR) is 106 cm³/mol. The highest BCUT2D eigenvalue weighted by molar-refractivity contribution is 14.0. The number of hydrogen-bond donors (Lipinski definition) is 3. The zero-order valence-corrected chi connectivity index (χ0v) is 17.4. The Balaban J connectivity index is 0. The van der Waals surface area contributed by atoms with Crippen LogP contribution in [0.2, 0.25) is 0 Å². The van der Waals surface area contributed by atoms with Gasteiger partial charge in [-0.05, 0) is 31.6 Å². The molecule has 0 fully saturated rings. The molecule has 0 saturated carbocycles. The molecule has 0 heterocycles. The highest BCUT2D eigenvalue weighted by Crippen LogP contribution is 2.21. The van der Waals surface area contributed by atoms with Gasteiger partial charge in [-0.3, -0.25) is 9.79 Å². The van der Waals surface area contributed by atoms with E-state index in [0.29, 0.717) is 24.4 Å². The minimum atomic E-state index is 0. The molecule has 0 radical (unpaired) electrons. The molecule has 0 aliphatic heterocycles. The first-order valence-electron chi connectivity index (χ1n) is 8.02. The maximum Gasteiger partial charge on any atom is 0.221 e. The van der Waals surface area contributed by atoms with Gasteiger partial charge in [0.05, 0.1) is 0 Å². The van der Waals surface area contributed by atoms with E-state index in [4.69, 9.17) is 0 Å². The Hall–Kier alpha value is -0.530. The van der Waals surface area contributed by atoms with Gasteiger partial charge < -0.3 is 16.0 Å². The summed E-state index contributed by atoms with van der Waals surface area (Å²) in [6, 6.07) is 0.365. The molecule has 3 N–H and O–H groups in total. The molecule has 0 aliphatic carbocycles. The van der Waals surface area contributed by atoms with E-state index < -0.39 is 0 Å². The number of guanidine groups is 1. The Kier molecular flexibility index (Phi) is 14.0. The van der Waals surface area contributed by atoms with E-state index >= 15 is 0 Å². The molecule has 1 atom stereocenters. The summed E-state index contributed by atoms with van der Waals surface area (Å²) in [5.41, 5.74) is 0.351. The fourth-order valence-corrected chi connectivity index (χ4v) is 1.80. The maximum atomic E-state index is 11.5. The molecule has 0 aliphatic rings. The zero-order valence-electron chi connectivity index (χ0n) is 15.1. The van der Waals surface area contributed by atoms with Crippen molar-refractivity contribution in [3.63, 3.8) is 0 Å². The van der Waals surface area contributed by atoms with Gasteiger partial charge >= 0.3 is 0 Å². The molecule has 0 bridgehead atoms. The van der Waals surface area contributed by atoms with Gasteiger partial charge in [0.25, 0.3) is 0 Å². The third-order valence-corrected chi connectivity index (χ3v) is 3.15. The smallest absolute Gasteiger partial charge is 0.221 e. The van der Waals surface area contributed by atoms with Crippen LogP contribution in [0.5, 0.6) is 0 Å². The molecule has 0 saturated heterocycles. The molecule has 0 aromatic rings. The van der Waals surface area contributed by atoms with Gasteiger partial charge in [-0.1, -0.05) is 27.7 Å². The maximum absolute atomic E-state index is 11.5. The van der Waals surface area contributed by atoms with Gasteiger partial charge in [0, 0.05) is 32.6 Å². The van der Waals surface area contributed by atoms with E-state index in [1.807, 2.05) is 6.92 Å². The second kappa shape index (κ2) is 13.0. The molecular weight excluding hydrogens is 391 g/mol. The Morgan fingerprint density at radius 3 is 2.32 bits per heavy atom. The van der Waals surface area contributed by atoms with Crippen LogP contribution in [0.4, 0.5) is 0 Å². The van der Waals surface area contributed by atoms with Crippen molar-refractivity contribution in [3.8, 4) is 0 Å². The Bertz CT molecular complexity index is 327. The largest absolute Gasteiger partial charge is 0.356 e. The summed E-state index contributed by atoms with van der Waals surface area (Å²) < 4.78 is 0. The fraction of sp³-hybridized carbons (Fsp3) is 0.875. The number of rotatable bonds is 8. The van der Waals surface area contributed by atoms with Crippen LogP contribution in [0.15, 0.2) is 4.99 Å². The van der Waals surface area contributed by atoms with Gasteiger partial charge in [0.2, 0.25) is 5.91 Å². The summed E-state index contributed by atoms with van der Waals surface area (Å²) in [7, 11) is 1.75. The van der Waals surface area contributed by atoms with E-state index in [0.717, 1.165) is 31.8 Å². The summed E-state index contributed by atoms with van der Waals surface area (Å²) in [4.78, 5) is 15.7. The van der Waals surface area contributed by atoms with Crippen molar-refractivity contribution in [2.24, 2.45) is 10.4 Å². The Morgan fingerprint density at radius 1 is 1.18 bits per heavy atom. The third kappa shape index (κ3) is 14.4. The van der Waals surface area contributed by atoms with Crippen LogP contribution in [0.3, 0.4) is 0 Å². The van der Waals surface area contributed by atoms with E-state index in [1.165, 1.54) is 0 Å². The van der Waals surface area contributed by atoms with Crippen LogP contribution in [-0.4, -0.2) is 38.0 Å². The molecular formula is C16H35IN4O. The number of carbonyl (C=O) groups excluding carboxylic acids is 1. The number of hydrogen-bond acceptors (Lipinski definition) is 2. The topological polar surface area (TPSA) is 65.5 Å². The molecule has 1 amide bonds. The van der Waals surface area contributed by atoms with Crippen LogP contribution in [0.25, 0.3) is 0 Å². The molecule has 0 spiro atoms. The highest BCUT2D eigenvalue weighted by Gasteiger charge is 2.13. The molecule has 6 heteroatoms. The number of amides is 1. The minimum Gasteiger partial charge on any atom is -0.356 e. The number of aliphatic imine (C=N–C) groups is 1. The second-order valence-corrected chi connectivity index (χ2v) is 6.74. The molecule has 0 aromatic carbocycles. The lowest BCUT2D eigenvalue weighted by molar-refractivity contribution is -0.120. The summed E-state index contributed by atoms with van der Waals surface area (Å²) in [6.07, 6.45) is 3.70. The highest BCUT2D eigenvalue weighted by atomic mass is 127. The van der Waals surface area contributed by atoms with Crippen molar-refractivity contribution < 1.29 is 4.79 Å². The van der Waals surface area contributed by atoms with Crippen LogP contribution in [0.1, 0.15) is 60.3 Å². The average Bonchev–Trinajstić information content (AvgIpc) is 2.41. The van der Waals surface area contributed by atoms with Gasteiger partial charge in [0.1, 0.15) is 0 Å². The van der Waals surface area contributed by atoms with Crippen LogP contribution >= 0.6 is 24.0 Å². The summed E-state index contributed by atoms with van der Waals surface area (Å²) in [5, 5.41) is 9.41. The van der Waals surface area contributed by atoms with Crippen molar-refractivity contribution in [3.05, 3.63) is 0 Å². The molecule has 5 nitrogen and oxygen atoms in total. The first-order valence-corrected chi connectivity index (χ1v) is 8.02. The second-order valence-electron chi connectivity index (χ2n) is 6.74. The van der Waals surface area contributed by atoms with Gasteiger partial charge in [-0.2, -0.15) is 0 Å². The van der Waals surface area contributed by atoms with E-state index in [-0.39, 0.29) is 29.9 Å². The fourth-order valence-electron chi connectivity index (χ4n) is 1.80. The lowest BCUT2D eigenvalue weighted by Gasteiger charge is -2.23. The monoisotopic (exact) mass is 426 g/mol. The molecule has 22 heavy (non-hydrogen) atoms. The SMILES string of the molecule is CCCNC(=O)CCNC(=NC)NC(C)CCC(C)(C)C.I. The van der Waals surface area contributed by atoms with E-state index in [9.17, 15) is 4.79 Å². The third-order valence-electron chi connectivity index (χ3n) is 3.15. The minimum absolute atomic E-state index is 0. The standard InChI is InChI=1S/C16H34N4O.HI/c1-7-11-18-14(21)9-12-19-15(17-6)20-13(2)8-10-16(3,4)5;/h13H,7-12H2,1-6H3,(H,18,21)(H2,17,19,20);1H. The number of carbonyl (C=O) groups is 1. The van der Waals surface area contributed by atoms with Crippen molar-refractivity contribution in [2.75, 3.05) is 20.1 Å². The number of nitrogens with one attached hydrogen (secondary N) is 3. The predicted octanol–water partition coefficient (Wildman–Crippen LogP) is 2.90. The molecule has 1 unspecified atom stereocenters. The summed E-state index contributed by atoms with van der Waals surface area (Å²) in [5.74, 6) is 0.847. The summed E-state index contributed by atoms with van der Waals surface area (Å²) >= 11 is 0. The van der Waals surface area contributed by atoms with Crippen LogP contribution in [-0.2, 0) is 4.79 Å². The van der Waals surface area contributed by atoms with Crippen LogP contribution in [0, 0.1) is 5.41 Å². The first-order chi connectivity index (χ1) is 9.78. The van der Waals surface area contributed by atoms with Crippen molar-refractivity contribution in [1.29, 1.82) is 0 Å². The Labute approximate surface area is 153 Å². The van der Waals surface area contributed by atoms with Gasteiger partial charge in [0.15, 0.2) is 5.96 Å². The average molecular weight is 426 g/mol. The lowest BCUT2D eigenvalue weighted by atomic mass is 9.89. The number of nitrogens with zero attached hydrogens (tertiary/aromatic N) is 1. The van der Waals surface area contributed by atoms with Gasteiger partial charge in [-0.15, -0.1) is 24.0 Å². The molecule has 0 aromatic heterocycles. The zero-order chi connectivity index (χ0) is 16.3. The number of halogens is 1. The van der Waals surface area contributed by atoms with Gasteiger partial charge in [-0.25, -0.2) is 0 Å². The quantitative estimate of drug-likeness (QED) is 0.318. The van der Waals surface area contributed by atoms with E-state index in [1.54, 1.807) is 7.05 Å². The van der Waals surface area contributed by atoms with Crippen molar-refractivity contribution >= 4 is 35.8 Å². The van der Waals surface area contributed by atoms with Crippen molar-refractivity contribution in [1.82, 2.24) is 16.0 Å². The van der Waals surface area contributed by atoms with Crippen LogP contribution < -0.4 is 16.0 Å². The van der Waals surface area contributed by atoms with E-state index in [2.05, 4.69) is 48.6 Å².